The summed E-state index contributed by atoms with van der Waals surface area (Å²) >= 11 is 0. The lowest BCUT2D eigenvalue weighted by molar-refractivity contribution is 0.377. The van der Waals surface area contributed by atoms with Crippen molar-refractivity contribution >= 4 is 17.2 Å². The van der Waals surface area contributed by atoms with Gasteiger partial charge in [-0.3, -0.25) is 0 Å². The fourth-order valence-electron chi connectivity index (χ4n) is 4.60. The van der Waals surface area contributed by atoms with E-state index in [4.69, 9.17) is 14.4 Å². The van der Waals surface area contributed by atoms with Crippen molar-refractivity contribution in [1.29, 1.82) is 0 Å². The minimum absolute atomic E-state index is 0.547. The molecule has 0 N–H and O–H groups in total. The molecular weight excluding hydrogens is 468 g/mol. The number of aromatic nitrogens is 6. The monoisotopic (exact) mass is 496 g/mol. The first-order chi connectivity index (χ1) is 18.2. The van der Waals surface area contributed by atoms with E-state index in [-0.39, 0.29) is 0 Å². The van der Waals surface area contributed by atoms with Crippen molar-refractivity contribution in [3.8, 4) is 17.1 Å². The average molecular weight is 497 g/mol. The first-order valence-electron chi connectivity index (χ1n) is 12.4. The molecule has 1 fully saturated rings. The summed E-state index contributed by atoms with van der Waals surface area (Å²) in [5, 5.41) is 17.6. The number of ether oxygens (including phenoxy) is 1. The number of piperazine rings is 1. The number of aryl methyl sites for hydroxylation is 3. The van der Waals surface area contributed by atoms with Crippen LogP contribution in [0.1, 0.15) is 17.3 Å². The largest absolute Gasteiger partial charge is 0.497 e. The van der Waals surface area contributed by atoms with E-state index in [2.05, 4.69) is 61.3 Å². The second kappa shape index (κ2) is 9.88. The molecule has 5 aromatic rings. The molecule has 1 saturated heterocycles. The molecule has 10 nitrogen and oxygen atoms in total. The number of fused-ring (bicyclic) bond motifs is 1. The second-order valence-corrected chi connectivity index (χ2v) is 9.13. The van der Waals surface area contributed by atoms with Gasteiger partial charge in [0, 0.05) is 50.3 Å². The highest BCUT2D eigenvalue weighted by atomic mass is 16.5. The van der Waals surface area contributed by atoms with Gasteiger partial charge in [0.25, 0.3) is 0 Å². The molecule has 2 aromatic carbocycles. The van der Waals surface area contributed by atoms with E-state index in [1.54, 1.807) is 7.11 Å². The summed E-state index contributed by atoms with van der Waals surface area (Å²) in [5.41, 5.74) is 4.16. The van der Waals surface area contributed by atoms with E-state index >= 15 is 0 Å². The molecule has 37 heavy (non-hydrogen) atoms. The molecule has 0 unspecified atom stereocenters. The van der Waals surface area contributed by atoms with Crippen LogP contribution in [0.15, 0.2) is 65.2 Å². The Labute approximate surface area is 214 Å². The van der Waals surface area contributed by atoms with Crippen molar-refractivity contribution in [3.05, 3.63) is 77.9 Å². The first-order valence-corrected chi connectivity index (χ1v) is 12.4. The summed E-state index contributed by atoms with van der Waals surface area (Å²) in [4.78, 5) is 9.28. The van der Waals surface area contributed by atoms with Crippen LogP contribution < -0.4 is 14.5 Å². The third-order valence-electron chi connectivity index (χ3n) is 6.66. The highest BCUT2D eigenvalue weighted by Crippen LogP contribution is 2.22. The zero-order valence-corrected chi connectivity index (χ0v) is 20.9. The van der Waals surface area contributed by atoms with Crippen LogP contribution in [0, 0.1) is 6.92 Å². The zero-order chi connectivity index (χ0) is 25.2. The number of nitrogens with zero attached hydrogens (tertiary/aromatic N) is 8. The van der Waals surface area contributed by atoms with Crippen molar-refractivity contribution in [2.24, 2.45) is 0 Å². The molecule has 0 radical (unpaired) electrons. The Kier molecular flexibility index (Phi) is 6.13. The van der Waals surface area contributed by atoms with Gasteiger partial charge in [0.15, 0.2) is 11.5 Å². The molecular formula is C27H28N8O2. The van der Waals surface area contributed by atoms with Gasteiger partial charge in [0.05, 0.1) is 7.11 Å². The smallest absolute Gasteiger partial charge is 0.227 e. The molecule has 0 aliphatic carbocycles. The molecule has 3 aromatic heterocycles. The Hall–Kier alpha value is -4.47. The maximum Gasteiger partial charge on any atom is 0.227 e. The fourth-order valence-corrected chi connectivity index (χ4v) is 4.60. The molecule has 4 heterocycles. The Bertz CT molecular complexity index is 1500. The normalized spacial score (nSPS) is 13.9. The quantitative estimate of drug-likeness (QED) is 0.335. The summed E-state index contributed by atoms with van der Waals surface area (Å²) in [6.07, 6.45) is 1.13. The van der Waals surface area contributed by atoms with Gasteiger partial charge in [-0.05, 0) is 61.0 Å². The van der Waals surface area contributed by atoms with Gasteiger partial charge in [0.2, 0.25) is 11.7 Å². The number of rotatable bonds is 7. The van der Waals surface area contributed by atoms with Crippen molar-refractivity contribution in [2.75, 3.05) is 43.1 Å². The number of methoxy groups -OCH3 is 1. The summed E-state index contributed by atoms with van der Waals surface area (Å²) < 4.78 is 12.5. The third-order valence-corrected chi connectivity index (χ3v) is 6.66. The molecule has 6 rings (SSSR count). The Morgan fingerprint density at radius 1 is 0.892 bits per heavy atom. The predicted molar refractivity (Wildman–Crippen MR) is 140 cm³/mol. The minimum Gasteiger partial charge on any atom is -0.497 e. The van der Waals surface area contributed by atoms with Gasteiger partial charge >= 0.3 is 0 Å². The molecule has 10 heteroatoms. The van der Waals surface area contributed by atoms with E-state index in [0.717, 1.165) is 54.8 Å². The van der Waals surface area contributed by atoms with E-state index in [1.165, 1.54) is 11.3 Å². The van der Waals surface area contributed by atoms with Crippen molar-refractivity contribution in [3.63, 3.8) is 0 Å². The summed E-state index contributed by atoms with van der Waals surface area (Å²) in [6, 6.07) is 20.2. The van der Waals surface area contributed by atoms with Gasteiger partial charge in [-0.15, -0.1) is 15.3 Å². The van der Waals surface area contributed by atoms with Crippen LogP contribution in [0.2, 0.25) is 0 Å². The molecule has 0 atom stereocenters. The van der Waals surface area contributed by atoms with Crippen LogP contribution in [0.4, 0.5) is 11.5 Å². The number of anilines is 2. The molecule has 0 bridgehead atoms. The van der Waals surface area contributed by atoms with Gasteiger partial charge in [0.1, 0.15) is 11.6 Å². The molecule has 0 spiro atoms. The lowest BCUT2D eigenvalue weighted by Gasteiger charge is -2.36. The van der Waals surface area contributed by atoms with Crippen LogP contribution in [0.25, 0.3) is 17.0 Å². The summed E-state index contributed by atoms with van der Waals surface area (Å²) in [6.45, 7) is 5.84. The maximum atomic E-state index is 5.48. The van der Waals surface area contributed by atoms with Gasteiger partial charge in [-0.1, -0.05) is 17.3 Å². The van der Waals surface area contributed by atoms with Crippen molar-refractivity contribution in [1.82, 2.24) is 30.0 Å². The number of hydrogen-bond acceptors (Lipinski definition) is 9. The standard InChI is InChI=1S/C27H28N8O2/c1-19-4-3-5-21(18-19)33-14-16-34(17-15-33)25-11-10-23-29-30-24(35(23)31-25)12-13-26-28-27(32-37-26)20-6-8-22(36-2)9-7-20/h3-11,18H,12-17H2,1-2H3. The van der Waals surface area contributed by atoms with Crippen LogP contribution in [0.3, 0.4) is 0 Å². The van der Waals surface area contributed by atoms with Gasteiger partial charge < -0.3 is 19.1 Å². The van der Waals surface area contributed by atoms with E-state index in [1.807, 2.05) is 40.9 Å². The topological polar surface area (TPSA) is 97.7 Å². The lowest BCUT2D eigenvalue weighted by atomic mass is 10.2. The van der Waals surface area contributed by atoms with Crippen molar-refractivity contribution < 1.29 is 9.26 Å². The highest BCUT2D eigenvalue weighted by molar-refractivity contribution is 5.55. The molecule has 188 valence electrons. The van der Waals surface area contributed by atoms with Crippen LogP contribution in [-0.4, -0.2) is 63.2 Å². The summed E-state index contributed by atoms with van der Waals surface area (Å²) in [5.74, 6) is 3.57. The number of hydrogen-bond donors (Lipinski definition) is 0. The Morgan fingerprint density at radius 2 is 1.70 bits per heavy atom. The SMILES string of the molecule is COc1ccc(-c2noc(CCc3nnc4ccc(N5CCN(c6cccc(C)c6)CC5)nn34)n2)cc1. The van der Waals surface area contributed by atoms with Crippen molar-refractivity contribution in [2.45, 2.75) is 19.8 Å². The molecule has 0 saturated carbocycles. The Morgan fingerprint density at radius 3 is 2.49 bits per heavy atom. The van der Waals surface area contributed by atoms with Crippen LogP contribution in [-0.2, 0) is 12.8 Å². The molecule has 1 aliphatic heterocycles. The predicted octanol–water partition coefficient (Wildman–Crippen LogP) is 3.60. The minimum atomic E-state index is 0.547. The first kappa shape index (κ1) is 23.0. The van der Waals surface area contributed by atoms with E-state index in [9.17, 15) is 0 Å². The number of benzene rings is 2. The fraction of sp³-hybridized carbons (Fsp3) is 0.296. The Balaban J connectivity index is 1.12. The van der Waals surface area contributed by atoms with Crippen LogP contribution >= 0.6 is 0 Å². The summed E-state index contributed by atoms with van der Waals surface area (Å²) in [7, 11) is 1.64. The second-order valence-electron chi connectivity index (χ2n) is 9.13. The molecule has 0 amide bonds. The van der Waals surface area contributed by atoms with E-state index in [0.29, 0.717) is 24.6 Å². The zero-order valence-electron chi connectivity index (χ0n) is 20.9. The van der Waals surface area contributed by atoms with Gasteiger partial charge in [-0.2, -0.15) is 9.50 Å². The third kappa shape index (κ3) is 4.82. The van der Waals surface area contributed by atoms with Crippen LogP contribution in [0.5, 0.6) is 5.75 Å². The maximum absolute atomic E-state index is 5.48. The molecule has 1 aliphatic rings. The average Bonchev–Trinajstić information content (AvgIpc) is 3.59. The van der Waals surface area contributed by atoms with E-state index < -0.39 is 0 Å². The lowest BCUT2D eigenvalue weighted by Crippen LogP contribution is -2.47. The van der Waals surface area contributed by atoms with Gasteiger partial charge in [-0.25, -0.2) is 0 Å². The highest BCUT2D eigenvalue weighted by Gasteiger charge is 2.20.